The summed E-state index contributed by atoms with van der Waals surface area (Å²) in [6.45, 7) is 1.87. The number of rotatable bonds is 1. The minimum atomic E-state index is -0.243. The molecule has 0 unspecified atom stereocenters. The van der Waals surface area contributed by atoms with E-state index < -0.39 is 0 Å². The summed E-state index contributed by atoms with van der Waals surface area (Å²) >= 11 is 0. The van der Waals surface area contributed by atoms with Gasteiger partial charge in [0.1, 0.15) is 0 Å². The number of fused-ring (bicyclic) bond motifs is 1. The number of Topliss-reactive ketones (excluding diaryl/α,β-unsaturated/α-hetero) is 2. The van der Waals surface area contributed by atoms with E-state index >= 15 is 0 Å². The molecule has 5 heteroatoms. The SMILES string of the molecule is COC1=C(C)C(=O)C2=C(CN3C(=O)CC[C@@H]3C2)C1=O. The third kappa shape index (κ3) is 1.57. The molecule has 3 rings (SSSR count). The van der Waals surface area contributed by atoms with Gasteiger partial charge in [-0.05, 0) is 19.8 Å². The van der Waals surface area contributed by atoms with Gasteiger partial charge in [0, 0.05) is 29.2 Å². The molecule has 0 bridgehead atoms. The van der Waals surface area contributed by atoms with Crippen molar-refractivity contribution in [3.63, 3.8) is 0 Å². The van der Waals surface area contributed by atoms with Gasteiger partial charge in [0.15, 0.2) is 11.5 Å². The first-order valence-corrected chi connectivity index (χ1v) is 6.40. The molecule has 0 aromatic heterocycles. The topological polar surface area (TPSA) is 63.7 Å². The number of allylic oxidation sites excluding steroid dienone is 2. The van der Waals surface area contributed by atoms with Crippen molar-refractivity contribution < 1.29 is 19.1 Å². The number of carbonyl (C=O) groups excluding carboxylic acids is 3. The van der Waals surface area contributed by atoms with Crippen molar-refractivity contribution in [3.05, 3.63) is 22.5 Å². The van der Waals surface area contributed by atoms with Crippen LogP contribution in [0.5, 0.6) is 0 Å². The summed E-state index contributed by atoms with van der Waals surface area (Å²) in [5.41, 5.74) is 1.40. The van der Waals surface area contributed by atoms with E-state index in [1.165, 1.54) is 7.11 Å². The summed E-state index contributed by atoms with van der Waals surface area (Å²) < 4.78 is 5.04. The first kappa shape index (κ1) is 12.1. The van der Waals surface area contributed by atoms with Gasteiger partial charge in [0.05, 0.1) is 13.7 Å². The van der Waals surface area contributed by atoms with Crippen LogP contribution in [0, 0.1) is 0 Å². The molecule has 2 aliphatic heterocycles. The molecule has 0 N–H and O–H groups in total. The largest absolute Gasteiger partial charge is 0.492 e. The second kappa shape index (κ2) is 4.05. The Kier molecular flexibility index (Phi) is 2.59. The van der Waals surface area contributed by atoms with E-state index in [4.69, 9.17) is 4.74 Å². The molecule has 100 valence electrons. The maximum absolute atomic E-state index is 12.3. The van der Waals surface area contributed by atoms with Crippen LogP contribution in [-0.4, -0.2) is 42.1 Å². The highest BCUT2D eigenvalue weighted by Gasteiger charge is 2.43. The summed E-state index contributed by atoms with van der Waals surface area (Å²) in [7, 11) is 1.39. The Morgan fingerprint density at radius 2 is 1.89 bits per heavy atom. The zero-order valence-corrected chi connectivity index (χ0v) is 11.0. The molecule has 2 heterocycles. The Morgan fingerprint density at radius 3 is 2.58 bits per heavy atom. The number of methoxy groups -OCH3 is 1. The zero-order valence-electron chi connectivity index (χ0n) is 11.0. The number of hydrogen-bond donors (Lipinski definition) is 0. The number of nitrogens with zero attached hydrogens (tertiary/aromatic N) is 1. The Labute approximate surface area is 110 Å². The van der Waals surface area contributed by atoms with Crippen molar-refractivity contribution in [2.75, 3.05) is 13.7 Å². The highest BCUT2D eigenvalue weighted by molar-refractivity contribution is 6.24. The smallest absolute Gasteiger partial charge is 0.226 e. The fraction of sp³-hybridized carbons (Fsp3) is 0.500. The Morgan fingerprint density at radius 1 is 1.16 bits per heavy atom. The molecule has 0 spiro atoms. The van der Waals surface area contributed by atoms with Crippen LogP contribution in [0.15, 0.2) is 22.5 Å². The van der Waals surface area contributed by atoms with Gasteiger partial charge in [-0.2, -0.15) is 0 Å². The van der Waals surface area contributed by atoms with Crippen LogP contribution in [0.25, 0.3) is 0 Å². The maximum Gasteiger partial charge on any atom is 0.226 e. The molecule has 1 fully saturated rings. The van der Waals surface area contributed by atoms with Gasteiger partial charge in [-0.15, -0.1) is 0 Å². The van der Waals surface area contributed by atoms with Crippen molar-refractivity contribution in [1.29, 1.82) is 0 Å². The van der Waals surface area contributed by atoms with Gasteiger partial charge in [0.2, 0.25) is 11.7 Å². The molecule has 0 aromatic carbocycles. The van der Waals surface area contributed by atoms with Crippen LogP contribution < -0.4 is 0 Å². The second-order valence-electron chi connectivity index (χ2n) is 5.19. The molecule has 0 saturated carbocycles. The van der Waals surface area contributed by atoms with Crippen molar-refractivity contribution >= 4 is 17.5 Å². The number of carbonyl (C=O) groups is 3. The Bertz CT molecular complexity index is 570. The van der Waals surface area contributed by atoms with Crippen molar-refractivity contribution in [2.24, 2.45) is 0 Å². The molecule has 0 radical (unpaired) electrons. The third-order valence-electron chi connectivity index (χ3n) is 4.22. The lowest BCUT2D eigenvalue weighted by molar-refractivity contribution is -0.129. The van der Waals surface area contributed by atoms with E-state index in [9.17, 15) is 14.4 Å². The van der Waals surface area contributed by atoms with E-state index in [2.05, 4.69) is 0 Å². The van der Waals surface area contributed by atoms with E-state index in [0.717, 1.165) is 6.42 Å². The zero-order chi connectivity index (χ0) is 13.7. The fourth-order valence-corrected chi connectivity index (χ4v) is 3.17. The quantitative estimate of drug-likeness (QED) is 0.653. The lowest BCUT2D eigenvalue weighted by Gasteiger charge is -2.34. The van der Waals surface area contributed by atoms with Crippen LogP contribution in [0.2, 0.25) is 0 Å². The lowest BCUT2D eigenvalue weighted by atomic mass is 9.82. The molecular weight excluding hydrogens is 246 g/mol. The standard InChI is InChI=1S/C14H15NO4/c1-7-12(17)9-5-8-3-4-11(16)15(8)6-10(9)13(18)14(7)19-2/h8H,3-6H2,1-2H3/t8-/m1/s1. The van der Waals surface area contributed by atoms with Crippen LogP contribution in [0.1, 0.15) is 26.2 Å². The first-order valence-electron chi connectivity index (χ1n) is 6.40. The Balaban J connectivity index is 2.03. The first-order chi connectivity index (χ1) is 9.04. The van der Waals surface area contributed by atoms with E-state index in [1.54, 1.807) is 11.8 Å². The minimum absolute atomic E-state index is 0.0713. The molecule has 1 aliphatic carbocycles. The fourth-order valence-electron chi connectivity index (χ4n) is 3.17. The second-order valence-corrected chi connectivity index (χ2v) is 5.19. The van der Waals surface area contributed by atoms with Crippen molar-refractivity contribution in [2.45, 2.75) is 32.2 Å². The average Bonchev–Trinajstić information content (AvgIpc) is 2.77. The number of ketones is 2. The molecule has 1 saturated heterocycles. The van der Waals surface area contributed by atoms with E-state index in [-0.39, 0.29) is 35.8 Å². The van der Waals surface area contributed by atoms with E-state index in [0.29, 0.717) is 29.6 Å². The van der Waals surface area contributed by atoms with Gasteiger partial charge >= 0.3 is 0 Å². The van der Waals surface area contributed by atoms with Gasteiger partial charge < -0.3 is 9.64 Å². The summed E-state index contributed by atoms with van der Waals surface area (Å²) in [5, 5.41) is 0. The number of ether oxygens (including phenoxy) is 1. The normalized spacial score (nSPS) is 26.9. The molecule has 3 aliphatic rings. The van der Waals surface area contributed by atoms with Crippen LogP contribution in [0.3, 0.4) is 0 Å². The highest BCUT2D eigenvalue weighted by atomic mass is 16.5. The highest BCUT2D eigenvalue weighted by Crippen LogP contribution is 2.36. The van der Waals surface area contributed by atoms with Gasteiger partial charge in [0.25, 0.3) is 0 Å². The minimum Gasteiger partial charge on any atom is -0.492 e. The van der Waals surface area contributed by atoms with Crippen LogP contribution in [0.4, 0.5) is 0 Å². The van der Waals surface area contributed by atoms with Gasteiger partial charge in [-0.1, -0.05) is 0 Å². The van der Waals surface area contributed by atoms with Crippen molar-refractivity contribution in [1.82, 2.24) is 4.90 Å². The molecule has 1 amide bonds. The molecule has 5 nitrogen and oxygen atoms in total. The molecule has 0 aromatic rings. The van der Waals surface area contributed by atoms with E-state index in [1.807, 2.05) is 0 Å². The average molecular weight is 261 g/mol. The van der Waals surface area contributed by atoms with Crippen LogP contribution >= 0.6 is 0 Å². The number of hydrogen-bond acceptors (Lipinski definition) is 4. The molecular formula is C14H15NO4. The van der Waals surface area contributed by atoms with Gasteiger partial charge in [-0.3, -0.25) is 14.4 Å². The predicted octanol–water partition coefficient (Wildman–Crippen LogP) is 0.750. The van der Waals surface area contributed by atoms with Gasteiger partial charge in [-0.25, -0.2) is 0 Å². The Hall–Kier alpha value is -1.91. The van der Waals surface area contributed by atoms with Crippen molar-refractivity contribution in [3.8, 4) is 0 Å². The number of amides is 1. The predicted molar refractivity (Wildman–Crippen MR) is 66.1 cm³/mol. The lowest BCUT2D eigenvalue weighted by Crippen LogP contribution is -2.43. The summed E-state index contributed by atoms with van der Waals surface area (Å²) in [6.07, 6.45) is 1.79. The van der Waals surface area contributed by atoms with Crippen LogP contribution in [-0.2, 0) is 19.1 Å². The maximum atomic E-state index is 12.3. The molecule has 19 heavy (non-hydrogen) atoms. The summed E-state index contributed by atoms with van der Waals surface area (Å²) in [4.78, 5) is 38.1. The third-order valence-corrected chi connectivity index (χ3v) is 4.22. The summed E-state index contributed by atoms with van der Waals surface area (Å²) in [6, 6.07) is 0.0832. The molecule has 1 atom stereocenters. The monoisotopic (exact) mass is 261 g/mol. The summed E-state index contributed by atoms with van der Waals surface area (Å²) in [5.74, 6) is -0.158.